The number of para-hydroxylation sites is 1. The van der Waals surface area contributed by atoms with Crippen molar-refractivity contribution in [2.45, 2.75) is 45.1 Å². The minimum atomic E-state index is -1.16. The van der Waals surface area contributed by atoms with Gasteiger partial charge >= 0.3 is 212 Å². The number of nitrogens with zero attached hydrogens (tertiary/aromatic N) is 1. The molecule has 6 nitrogen and oxygen atoms in total. The van der Waals surface area contributed by atoms with Gasteiger partial charge in [-0.15, -0.1) is 0 Å². The first-order valence-electron chi connectivity index (χ1n) is 12.1. The molecule has 1 aliphatic heterocycles. The number of fused-ring (bicyclic) bond motifs is 3. The van der Waals surface area contributed by atoms with Gasteiger partial charge in [0.15, 0.2) is 0 Å². The van der Waals surface area contributed by atoms with Crippen molar-refractivity contribution in [3.8, 4) is 16.9 Å². The molecule has 0 spiro atoms. The van der Waals surface area contributed by atoms with Crippen LogP contribution in [-0.4, -0.2) is 45.5 Å². The average Bonchev–Trinajstić information content (AvgIpc) is 2.98. The molecule has 36 heavy (non-hydrogen) atoms. The van der Waals surface area contributed by atoms with E-state index >= 15 is 0 Å². The quantitative estimate of drug-likeness (QED) is 0.403. The molecule has 0 aliphatic carbocycles. The summed E-state index contributed by atoms with van der Waals surface area (Å²) in [5, 5.41) is 2.83. The Morgan fingerprint density at radius 2 is 1.67 bits per heavy atom. The van der Waals surface area contributed by atoms with Gasteiger partial charge in [-0.25, -0.2) is 0 Å². The minimum absolute atomic E-state index is 0.0845. The van der Waals surface area contributed by atoms with Crippen molar-refractivity contribution >= 4 is 38.1 Å². The van der Waals surface area contributed by atoms with E-state index in [2.05, 4.69) is 5.32 Å². The van der Waals surface area contributed by atoms with Gasteiger partial charge < -0.3 is 0 Å². The molecular weight excluding hydrogens is 515 g/mol. The monoisotopic (exact) mass is 545 g/mol. The van der Waals surface area contributed by atoms with Crippen molar-refractivity contribution in [3.63, 3.8) is 0 Å². The molecule has 1 unspecified atom stereocenters. The van der Waals surface area contributed by atoms with Gasteiger partial charge in [-0.1, -0.05) is 0 Å². The zero-order chi connectivity index (χ0) is 25.7. The standard InChI is InChI=1S/C29H30AsN2O4/c1-19-23-10-4-5-11-24(23)25-12-6-7-13-26(25)32(29(19)35)30-28(34)20(2)31-27(33)14-8-9-21-15-17-22(36-3)18-16-21/h4-7,10-13,15-20H,8-9,14H2,1-3H3,(H,31,33)/t19?,20-/m0/s1. The maximum atomic E-state index is 13.5. The summed E-state index contributed by atoms with van der Waals surface area (Å²) in [7, 11) is 1.63. The number of hydrogen-bond donors (Lipinski definition) is 1. The summed E-state index contributed by atoms with van der Waals surface area (Å²) < 4.78 is 6.71. The third kappa shape index (κ3) is 5.71. The number of nitrogens with one attached hydrogen (secondary N) is 1. The molecule has 0 saturated heterocycles. The van der Waals surface area contributed by atoms with Crippen LogP contribution in [0.25, 0.3) is 11.1 Å². The van der Waals surface area contributed by atoms with Gasteiger partial charge in [-0.05, 0) is 0 Å². The molecule has 3 aromatic carbocycles. The molecule has 4 rings (SSSR count). The Hall–Kier alpha value is -3.37. The summed E-state index contributed by atoms with van der Waals surface area (Å²) in [4.78, 5) is 39.1. The number of amides is 2. The van der Waals surface area contributed by atoms with Crippen molar-refractivity contribution in [2.24, 2.45) is 0 Å². The van der Waals surface area contributed by atoms with E-state index in [0.29, 0.717) is 12.8 Å². The second-order valence-electron chi connectivity index (χ2n) is 8.91. The molecule has 7 heteroatoms. The summed E-state index contributed by atoms with van der Waals surface area (Å²) in [6, 6.07) is 22.8. The number of benzene rings is 3. The summed E-state index contributed by atoms with van der Waals surface area (Å²) in [6.07, 6.45) is 1.78. The molecular formula is C29H30AsN2O4. The van der Waals surface area contributed by atoms with Crippen LogP contribution < -0.4 is 13.9 Å². The molecule has 1 N–H and O–H groups in total. The number of methoxy groups -OCH3 is 1. The van der Waals surface area contributed by atoms with Crippen LogP contribution >= 0.6 is 0 Å². The Morgan fingerprint density at radius 3 is 2.39 bits per heavy atom. The van der Waals surface area contributed by atoms with Crippen LogP contribution in [0, 0.1) is 0 Å². The van der Waals surface area contributed by atoms with Gasteiger partial charge in [-0.2, -0.15) is 0 Å². The molecule has 3 aromatic rings. The van der Waals surface area contributed by atoms with E-state index in [0.717, 1.165) is 40.1 Å². The number of carbonyl (C=O) groups is 3. The molecule has 2 atom stereocenters. The van der Waals surface area contributed by atoms with Crippen molar-refractivity contribution < 1.29 is 19.1 Å². The van der Waals surface area contributed by atoms with Crippen molar-refractivity contribution in [2.75, 3.05) is 10.9 Å². The van der Waals surface area contributed by atoms with Crippen molar-refractivity contribution in [1.82, 2.24) is 5.32 Å². The van der Waals surface area contributed by atoms with Crippen LogP contribution in [0.4, 0.5) is 5.69 Å². The summed E-state index contributed by atoms with van der Waals surface area (Å²) in [5.74, 6) is 0.197. The summed E-state index contributed by atoms with van der Waals surface area (Å²) in [6.45, 7) is 3.59. The van der Waals surface area contributed by atoms with E-state index < -0.39 is 22.0 Å². The molecule has 0 aromatic heterocycles. The zero-order valence-electron chi connectivity index (χ0n) is 20.7. The van der Waals surface area contributed by atoms with E-state index in [4.69, 9.17) is 4.74 Å². The predicted molar refractivity (Wildman–Crippen MR) is 142 cm³/mol. The van der Waals surface area contributed by atoms with Crippen LogP contribution in [0.2, 0.25) is 0 Å². The number of hydrogen-bond acceptors (Lipinski definition) is 4. The zero-order valence-corrected chi connectivity index (χ0v) is 22.6. The van der Waals surface area contributed by atoms with Gasteiger partial charge in [0.05, 0.1) is 7.11 Å². The van der Waals surface area contributed by atoms with Gasteiger partial charge in [0.1, 0.15) is 0 Å². The van der Waals surface area contributed by atoms with Gasteiger partial charge in [0.25, 0.3) is 0 Å². The van der Waals surface area contributed by atoms with Gasteiger partial charge in [-0.3, -0.25) is 0 Å². The Morgan fingerprint density at radius 1 is 1.00 bits per heavy atom. The fourth-order valence-corrected chi connectivity index (χ4v) is 6.42. The normalized spacial score (nSPS) is 15.7. The molecule has 1 aliphatic rings. The number of anilines is 1. The number of carbonyl (C=O) groups excluding carboxylic acids is 3. The van der Waals surface area contributed by atoms with Crippen LogP contribution in [-0.2, 0) is 20.8 Å². The Labute approximate surface area is 219 Å². The molecule has 0 bridgehead atoms. The Bertz CT molecular complexity index is 1260. The third-order valence-corrected chi connectivity index (χ3v) is 8.92. The topological polar surface area (TPSA) is 75.7 Å². The molecule has 0 saturated carbocycles. The van der Waals surface area contributed by atoms with Gasteiger partial charge in [0, 0.05) is 0 Å². The second-order valence-corrected chi connectivity index (χ2v) is 11.1. The maximum absolute atomic E-state index is 13.5. The van der Waals surface area contributed by atoms with E-state index in [1.807, 2.05) is 79.7 Å². The molecule has 2 amide bonds. The third-order valence-electron chi connectivity index (χ3n) is 6.40. The fourth-order valence-electron chi connectivity index (χ4n) is 4.35. The SMILES string of the molecule is COc1ccc(CCCC(=O)N[C@@H](C)C(=O)[As]N2C(=O)C(C)c3ccccc3-c3ccccc32)cc1. The van der Waals surface area contributed by atoms with Crippen LogP contribution in [0.15, 0.2) is 72.8 Å². The van der Waals surface area contributed by atoms with Crippen molar-refractivity contribution in [1.29, 1.82) is 0 Å². The summed E-state index contributed by atoms with van der Waals surface area (Å²) >= 11 is -1.16. The van der Waals surface area contributed by atoms with Crippen LogP contribution in [0.5, 0.6) is 5.75 Å². The molecule has 1 radical (unpaired) electrons. The Balaban J connectivity index is 1.38. The second kappa shape index (κ2) is 11.6. The first kappa shape index (κ1) is 25.7. The average molecular weight is 545 g/mol. The summed E-state index contributed by atoms with van der Waals surface area (Å²) in [5.41, 5.74) is 4.81. The Kier molecular flexibility index (Phi) is 8.27. The van der Waals surface area contributed by atoms with Gasteiger partial charge in [0.2, 0.25) is 0 Å². The van der Waals surface area contributed by atoms with Crippen LogP contribution in [0.3, 0.4) is 0 Å². The number of aryl methyl sites for hydroxylation is 1. The first-order valence-corrected chi connectivity index (χ1v) is 13.9. The molecule has 1 heterocycles. The van der Waals surface area contributed by atoms with Crippen molar-refractivity contribution in [3.05, 3.63) is 83.9 Å². The first-order chi connectivity index (χ1) is 17.4. The van der Waals surface area contributed by atoms with E-state index in [1.165, 1.54) is 0 Å². The van der Waals surface area contributed by atoms with E-state index in [9.17, 15) is 14.4 Å². The number of rotatable bonds is 9. The number of ether oxygens (including phenoxy) is 1. The van der Waals surface area contributed by atoms with E-state index in [1.54, 1.807) is 17.9 Å². The fraction of sp³-hybridized carbons (Fsp3) is 0.276. The molecule has 0 fully saturated rings. The van der Waals surface area contributed by atoms with Crippen LogP contribution in [0.1, 0.15) is 43.7 Å². The predicted octanol–water partition coefficient (Wildman–Crippen LogP) is 4.49. The molecule has 185 valence electrons. The van der Waals surface area contributed by atoms with E-state index in [-0.39, 0.29) is 22.3 Å².